The minimum atomic E-state index is -0.271. The standard InChI is InChI=1S/C12H12FN3O/c13-8-1-3-9(4-2-8)16-12(14)10-7-17-6-5-11(10)15-16/h1-4H,5-7,14H2. The average Bonchev–Trinajstić information content (AvgIpc) is 2.69. The molecule has 0 saturated carbocycles. The van der Waals surface area contributed by atoms with Crippen LogP contribution in [0, 0.1) is 5.82 Å². The molecule has 0 unspecified atom stereocenters. The number of halogens is 1. The van der Waals surface area contributed by atoms with E-state index in [0.29, 0.717) is 19.0 Å². The van der Waals surface area contributed by atoms with Crippen molar-refractivity contribution in [2.24, 2.45) is 0 Å². The largest absolute Gasteiger partial charge is 0.383 e. The molecule has 1 aromatic heterocycles. The number of nitrogens with two attached hydrogens (primary N) is 1. The van der Waals surface area contributed by atoms with Crippen molar-refractivity contribution in [3.8, 4) is 5.69 Å². The van der Waals surface area contributed by atoms with Gasteiger partial charge in [-0.1, -0.05) is 0 Å². The predicted octanol–water partition coefficient (Wildman–Crippen LogP) is 1.67. The Bertz CT molecular complexity index is 548. The number of fused-ring (bicyclic) bond motifs is 1. The van der Waals surface area contributed by atoms with Crippen LogP contribution in [0.1, 0.15) is 11.3 Å². The number of anilines is 1. The highest BCUT2D eigenvalue weighted by Crippen LogP contribution is 2.25. The fraction of sp³-hybridized carbons (Fsp3) is 0.250. The van der Waals surface area contributed by atoms with E-state index in [0.717, 1.165) is 23.4 Å². The summed E-state index contributed by atoms with van der Waals surface area (Å²) in [5.74, 6) is 0.305. The number of ether oxygens (including phenoxy) is 1. The minimum absolute atomic E-state index is 0.271. The molecule has 1 aromatic carbocycles. The molecule has 0 aliphatic carbocycles. The third-order valence-corrected chi connectivity index (χ3v) is 2.91. The van der Waals surface area contributed by atoms with E-state index < -0.39 is 0 Å². The van der Waals surface area contributed by atoms with E-state index in [9.17, 15) is 4.39 Å². The third kappa shape index (κ3) is 1.68. The Morgan fingerprint density at radius 3 is 2.76 bits per heavy atom. The van der Waals surface area contributed by atoms with Gasteiger partial charge in [0.2, 0.25) is 0 Å². The molecule has 0 spiro atoms. The molecule has 1 aliphatic rings. The molecule has 0 bridgehead atoms. The Hall–Kier alpha value is -1.88. The van der Waals surface area contributed by atoms with E-state index in [1.165, 1.54) is 12.1 Å². The Morgan fingerprint density at radius 2 is 2.06 bits per heavy atom. The van der Waals surface area contributed by atoms with Crippen molar-refractivity contribution in [3.05, 3.63) is 41.3 Å². The van der Waals surface area contributed by atoms with Crippen LogP contribution in [0.2, 0.25) is 0 Å². The zero-order chi connectivity index (χ0) is 11.8. The number of nitrogen functional groups attached to an aromatic ring is 1. The predicted molar refractivity (Wildman–Crippen MR) is 61.3 cm³/mol. The van der Waals surface area contributed by atoms with Gasteiger partial charge >= 0.3 is 0 Å². The average molecular weight is 233 g/mol. The molecule has 88 valence electrons. The molecule has 0 atom stereocenters. The second-order valence-electron chi connectivity index (χ2n) is 4.00. The second kappa shape index (κ2) is 3.85. The SMILES string of the molecule is Nc1c2c(nn1-c1ccc(F)cc1)CCOC2. The van der Waals surface area contributed by atoms with Crippen LogP contribution < -0.4 is 5.73 Å². The lowest BCUT2D eigenvalue weighted by Crippen LogP contribution is -2.09. The minimum Gasteiger partial charge on any atom is -0.383 e. The van der Waals surface area contributed by atoms with E-state index in [1.807, 2.05) is 0 Å². The van der Waals surface area contributed by atoms with E-state index in [1.54, 1.807) is 16.8 Å². The van der Waals surface area contributed by atoms with Crippen molar-refractivity contribution in [1.29, 1.82) is 0 Å². The van der Waals surface area contributed by atoms with Crippen molar-refractivity contribution in [2.75, 3.05) is 12.3 Å². The highest BCUT2D eigenvalue weighted by molar-refractivity contribution is 5.50. The fourth-order valence-corrected chi connectivity index (χ4v) is 1.99. The van der Waals surface area contributed by atoms with Crippen molar-refractivity contribution in [2.45, 2.75) is 13.0 Å². The van der Waals surface area contributed by atoms with Gasteiger partial charge in [-0.3, -0.25) is 0 Å². The molecule has 0 radical (unpaired) electrons. The van der Waals surface area contributed by atoms with Gasteiger partial charge in [0.15, 0.2) is 0 Å². The lowest BCUT2D eigenvalue weighted by molar-refractivity contribution is 0.110. The molecule has 3 rings (SSSR count). The highest BCUT2D eigenvalue weighted by Gasteiger charge is 2.19. The molecular formula is C12H12FN3O. The number of benzene rings is 1. The molecule has 4 nitrogen and oxygen atoms in total. The molecule has 1 aliphatic heterocycles. The van der Waals surface area contributed by atoms with Gasteiger partial charge in [0.1, 0.15) is 11.6 Å². The first-order valence-corrected chi connectivity index (χ1v) is 5.45. The summed E-state index contributed by atoms with van der Waals surface area (Å²) in [7, 11) is 0. The van der Waals surface area contributed by atoms with Gasteiger partial charge in [0.05, 0.1) is 24.6 Å². The van der Waals surface area contributed by atoms with E-state index in [2.05, 4.69) is 5.10 Å². The van der Waals surface area contributed by atoms with Crippen LogP contribution in [0.3, 0.4) is 0 Å². The summed E-state index contributed by atoms with van der Waals surface area (Å²) in [4.78, 5) is 0. The number of rotatable bonds is 1. The van der Waals surface area contributed by atoms with Crippen molar-refractivity contribution < 1.29 is 9.13 Å². The zero-order valence-corrected chi connectivity index (χ0v) is 9.19. The first-order chi connectivity index (χ1) is 8.25. The Balaban J connectivity index is 2.09. The van der Waals surface area contributed by atoms with Crippen molar-refractivity contribution >= 4 is 5.82 Å². The maximum absolute atomic E-state index is 12.8. The topological polar surface area (TPSA) is 53.1 Å². The van der Waals surface area contributed by atoms with Crippen molar-refractivity contribution in [3.63, 3.8) is 0 Å². The number of nitrogens with zero attached hydrogens (tertiary/aromatic N) is 2. The molecule has 2 N–H and O–H groups in total. The van der Waals surface area contributed by atoms with Crippen LogP contribution in [0.4, 0.5) is 10.2 Å². The fourth-order valence-electron chi connectivity index (χ4n) is 1.99. The van der Waals surface area contributed by atoms with Crippen LogP contribution in [-0.4, -0.2) is 16.4 Å². The molecule has 0 saturated heterocycles. The van der Waals surface area contributed by atoms with Gasteiger partial charge < -0.3 is 10.5 Å². The van der Waals surface area contributed by atoms with E-state index in [4.69, 9.17) is 10.5 Å². The van der Waals surface area contributed by atoms with Crippen LogP contribution in [0.5, 0.6) is 0 Å². The van der Waals surface area contributed by atoms with Gasteiger partial charge in [-0.25, -0.2) is 9.07 Å². The highest BCUT2D eigenvalue weighted by atomic mass is 19.1. The Labute approximate surface area is 97.8 Å². The Kier molecular flexibility index (Phi) is 2.33. The van der Waals surface area contributed by atoms with Crippen LogP contribution in [-0.2, 0) is 17.8 Å². The van der Waals surface area contributed by atoms with Gasteiger partial charge in [-0.05, 0) is 24.3 Å². The van der Waals surface area contributed by atoms with Gasteiger partial charge in [-0.15, -0.1) is 0 Å². The molecule has 0 amide bonds. The third-order valence-electron chi connectivity index (χ3n) is 2.91. The number of hydrogen-bond donors (Lipinski definition) is 1. The summed E-state index contributed by atoms with van der Waals surface area (Å²) in [5, 5.41) is 4.44. The first-order valence-electron chi connectivity index (χ1n) is 5.45. The normalized spacial score (nSPS) is 14.6. The maximum atomic E-state index is 12.8. The second-order valence-corrected chi connectivity index (χ2v) is 4.00. The van der Waals surface area contributed by atoms with Crippen LogP contribution in [0.15, 0.2) is 24.3 Å². The molecule has 2 aromatic rings. The van der Waals surface area contributed by atoms with Crippen LogP contribution in [0.25, 0.3) is 5.69 Å². The summed E-state index contributed by atoms with van der Waals surface area (Å²) in [5.41, 5.74) is 8.70. The molecule has 17 heavy (non-hydrogen) atoms. The summed E-state index contributed by atoms with van der Waals surface area (Å²) in [6.45, 7) is 1.18. The van der Waals surface area contributed by atoms with Gasteiger partial charge in [0, 0.05) is 12.0 Å². The summed E-state index contributed by atoms with van der Waals surface area (Å²) >= 11 is 0. The summed E-state index contributed by atoms with van der Waals surface area (Å²) < 4.78 is 19.8. The van der Waals surface area contributed by atoms with Gasteiger partial charge in [-0.2, -0.15) is 5.10 Å². The number of hydrogen-bond acceptors (Lipinski definition) is 3. The molecule has 0 fully saturated rings. The maximum Gasteiger partial charge on any atom is 0.133 e. The number of aromatic nitrogens is 2. The summed E-state index contributed by atoms with van der Waals surface area (Å²) in [6, 6.07) is 6.11. The summed E-state index contributed by atoms with van der Waals surface area (Å²) in [6.07, 6.45) is 0.772. The molecule has 2 heterocycles. The van der Waals surface area contributed by atoms with Crippen LogP contribution >= 0.6 is 0 Å². The molecule has 5 heteroatoms. The first kappa shape index (κ1) is 10.3. The lowest BCUT2D eigenvalue weighted by atomic mass is 10.1. The smallest absolute Gasteiger partial charge is 0.133 e. The lowest BCUT2D eigenvalue weighted by Gasteiger charge is -2.10. The van der Waals surface area contributed by atoms with Crippen molar-refractivity contribution in [1.82, 2.24) is 9.78 Å². The van der Waals surface area contributed by atoms with E-state index >= 15 is 0 Å². The van der Waals surface area contributed by atoms with Gasteiger partial charge in [0.25, 0.3) is 0 Å². The Morgan fingerprint density at radius 1 is 1.29 bits per heavy atom. The molecular weight excluding hydrogens is 221 g/mol. The quantitative estimate of drug-likeness (QED) is 0.815. The zero-order valence-electron chi connectivity index (χ0n) is 9.19. The van der Waals surface area contributed by atoms with E-state index in [-0.39, 0.29) is 5.82 Å². The monoisotopic (exact) mass is 233 g/mol.